The van der Waals surface area contributed by atoms with Crippen molar-refractivity contribution in [3.8, 4) is 11.1 Å². The molecule has 0 bridgehead atoms. The number of nitrogens with zero attached hydrogens (tertiary/aromatic N) is 2. The van der Waals surface area contributed by atoms with Crippen LogP contribution < -0.4 is 26.2 Å². The summed E-state index contributed by atoms with van der Waals surface area (Å²) in [5, 5.41) is 2.31. The first kappa shape index (κ1) is 33.6. The molecule has 1 aromatic heterocycles. The largest absolute Gasteiger partial charge is 0.456 e. The first-order chi connectivity index (χ1) is 26.8. The number of hydrogen-bond donors (Lipinski definition) is 0. The van der Waals surface area contributed by atoms with Crippen LogP contribution in [-0.2, 0) is 0 Å². The molecule has 0 saturated carbocycles. The molecular formula is C51H45BN2O. The molecule has 10 rings (SSSR count). The molecule has 0 saturated heterocycles. The van der Waals surface area contributed by atoms with Gasteiger partial charge in [-0.05, 0) is 123 Å². The third kappa shape index (κ3) is 5.26. The van der Waals surface area contributed by atoms with E-state index in [0.29, 0.717) is 17.8 Å². The van der Waals surface area contributed by atoms with Gasteiger partial charge in [0, 0.05) is 44.9 Å². The molecule has 2 aliphatic heterocycles. The van der Waals surface area contributed by atoms with E-state index in [9.17, 15) is 0 Å². The highest BCUT2D eigenvalue weighted by molar-refractivity contribution is 7.00. The van der Waals surface area contributed by atoms with Gasteiger partial charge in [-0.2, -0.15) is 0 Å². The molecular weight excluding hydrogens is 667 g/mol. The lowest BCUT2D eigenvalue weighted by Gasteiger charge is -2.44. The molecule has 0 unspecified atom stereocenters. The predicted molar refractivity (Wildman–Crippen MR) is 235 cm³/mol. The first-order valence-electron chi connectivity index (χ1n) is 19.9. The van der Waals surface area contributed by atoms with Gasteiger partial charge in [-0.15, -0.1) is 0 Å². The molecule has 0 spiro atoms. The molecule has 55 heavy (non-hydrogen) atoms. The Bertz CT molecular complexity index is 2760. The van der Waals surface area contributed by atoms with Crippen LogP contribution in [0.1, 0.15) is 76.0 Å². The summed E-state index contributed by atoms with van der Waals surface area (Å²) < 4.78 is 6.27. The average Bonchev–Trinajstić information content (AvgIpc) is 3.59. The molecule has 268 valence electrons. The van der Waals surface area contributed by atoms with E-state index in [0.717, 1.165) is 27.6 Å². The maximum atomic E-state index is 6.27. The van der Waals surface area contributed by atoms with Crippen LogP contribution in [0.4, 0.5) is 34.1 Å². The quantitative estimate of drug-likeness (QED) is 0.160. The third-order valence-corrected chi connectivity index (χ3v) is 12.0. The van der Waals surface area contributed by atoms with Gasteiger partial charge in [0.1, 0.15) is 11.2 Å². The molecule has 8 aromatic rings. The van der Waals surface area contributed by atoms with Crippen molar-refractivity contribution in [1.29, 1.82) is 0 Å². The van der Waals surface area contributed by atoms with Crippen LogP contribution in [0.25, 0.3) is 33.1 Å². The summed E-state index contributed by atoms with van der Waals surface area (Å²) in [5.74, 6) is 1.31. The highest BCUT2D eigenvalue weighted by atomic mass is 16.3. The third-order valence-electron chi connectivity index (χ3n) is 12.0. The molecule has 3 nitrogen and oxygen atoms in total. The molecule has 2 aliphatic rings. The summed E-state index contributed by atoms with van der Waals surface area (Å²) in [4.78, 5) is 5.01. The van der Waals surface area contributed by atoms with Crippen molar-refractivity contribution >= 4 is 79.2 Å². The number of fused-ring (bicyclic) bond motifs is 7. The highest BCUT2D eigenvalue weighted by Crippen LogP contribution is 2.45. The Labute approximate surface area is 324 Å². The van der Waals surface area contributed by atoms with Crippen LogP contribution in [0.5, 0.6) is 0 Å². The smallest absolute Gasteiger partial charge is 0.252 e. The summed E-state index contributed by atoms with van der Waals surface area (Å²) in [7, 11) is 0. The Kier molecular flexibility index (Phi) is 7.82. The van der Waals surface area contributed by atoms with E-state index < -0.39 is 0 Å². The van der Waals surface area contributed by atoms with Gasteiger partial charge in [-0.25, -0.2) is 0 Å². The normalized spacial score (nSPS) is 13.3. The second-order valence-electron chi connectivity index (χ2n) is 16.3. The Morgan fingerprint density at radius 1 is 0.455 bits per heavy atom. The number of furan rings is 1. The van der Waals surface area contributed by atoms with E-state index in [1.807, 2.05) is 6.07 Å². The summed E-state index contributed by atoms with van der Waals surface area (Å²) in [6, 6.07) is 54.4. The van der Waals surface area contributed by atoms with Crippen molar-refractivity contribution in [3.05, 3.63) is 162 Å². The number of para-hydroxylation sites is 1. The average molecular weight is 713 g/mol. The standard InChI is InChI=1S/C51H45BN2O/c1-31(2)34-17-23-38(24-18-34)53-44-27-21-36(32(3)4)29-42(44)52-43-30-37(33(5)6)22-28-45(43)54(47-14-10-13-46(53)51(47)52)39-25-19-35(20-26-39)40-12-9-16-49-50(40)41-11-7-8-15-48(41)55-49/h7-33H,1-6H3. The van der Waals surface area contributed by atoms with E-state index in [-0.39, 0.29) is 6.71 Å². The molecule has 7 aromatic carbocycles. The minimum Gasteiger partial charge on any atom is -0.456 e. The maximum Gasteiger partial charge on any atom is 0.252 e. The Balaban J connectivity index is 1.19. The van der Waals surface area contributed by atoms with Crippen LogP contribution in [0, 0.1) is 0 Å². The van der Waals surface area contributed by atoms with E-state index in [1.54, 1.807) is 0 Å². The fourth-order valence-electron chi connectivity index (χ4n) is 9.07. The van der Waals surface area contributed by atoms with E-state index in [2.05, 4.69) is 191 Å². The summed E-state index contributed by atoms with van der Waals surface area (Å²) in [6.07, 6.45) is 0. The van der Waals surface area contributed by atoms with Crippen molar-refractivity contribution in [3.63, 3.8) is 0 Å². The lowest BCUT2D eigenvalue weighted by Crippen LogP contribution is -2.61. The predicted octanol–water partition coefficient (Wildman–Crippen LogP) is 12.7. The number of anilines is 6. The highest BCUT2D eigenvalue weighted by Gasteiger charge is 2.43. The molecule has 0 amide bonds. The van der Waals surface area contributed by atoms with Crippen LogP contribution >= 0.6 is 0 Å². The van der Waals surface area contributed by atoms with Gasteiger partial charge in [0.25, 0.3) is 6.71 Å². The van der Waals surface area contributed by atoms with Gasteiger partial charge in [0.2, 0.25) is 0 Å². The zero-order valence-corrected chi connectivity index (χ0v) is 32.5. The van der Waals surface area contributed by atoms with Gasteiger partial charge < -0.3 is 14.2 Å². The topological polar surface area (TPSA) is 19.6 Å². The van der Waals surface area contributed by atoms with Gasteiger partial charge in [-0.3, -0.25) is 0 Å². The van der Waals surface area contributed by atoms with Crippen LogP contribution in [-0.4, -0.2) is 6.71 Å². The van der Waals surface area contributed by atoms with Crippen molar-refractivity contribution < 1.29 is 4.42 Å². The van der Waals surface area contributed by atoms with E-state index in [4.69, 9.17) is 4.42 Å². The first-order valence-corrected chi connectivity index (χ1v) is 19.9. The Morgan fingerprint density at radius 2 is 0.964 bits per heavy atom. The lowest BCUT2D eigenvalue weighted by molar-refractivity contribution is 0.669. The van der Waals surface area contributed by atoms with Crippen LogP contribution in [0.3, 0.4) is 0 Å². The molecule has 3 heterocycles. The van der Waals surface area contributed by atoms with Crippen molar-refractivity contribution in [2.75, 3.05) is 9.80 Å². The van der Waals surface area contributed by atoms with Gasteiger partial charge in [-0.1, -0.05) is 126 Å². The molecule has 0 fully saturated rings. The van der Waals surface area contributed by atoms with E-state index in [1.165, 1.54) is 72.6 Å². The zero-order chi connectivity index (χ0) is 37.5. The molecule has 0 atom stereocenters. The number of rotatable bonds is 6. The fraction of sp³-hybridized carbons (Fsp3) is 0.176. The fourth-order valence-corrected chi connectivity index (χ4v) is 9.07. The summed E-state index contributed by atoms with van der Waals surface area (Å²) in [6.45, 7) is 13.8. The summed E-state index contributed by atoms with van der Waals surface area (Å²) >= 11 is 0. The SMILES string of the molecule is CC(C)c1ccc(N2c3ccc(C(C)C)cc3B3c4cc(C(C)C)ccc4N(c4ccc(-c5cccc6oc7ccccc7c56)cc4)c4cccc2c43)cc1. The van der Waals surface area contributed by atoms with Crippen LogP contribution in [0.15, 0.2) is 150 Å². The summed E-state index contributed by atoms with van der Waals surface area (Å²) in [5.41, 5.74) is 19.7. The zero-order valence-electron chi connectivity index (χ0n) is 32.5. The van der Waals surface area contributed by atoms with Gasteiger partial charge in [0.05, 0.1) is 0 Å². The van der Waals surface area contributed by atoms with Gasteiger partial charge in [0.15, 0.2) is 0 Å². The lowest BCUT2D eigenvalue weighted by atomic mass is 9.33. The number of benzene rings is 7. The Hall–Kier alpha value is -6.00. The monoisotopic (exact) mass is 712 g/mol. The molecule has 0 N–H and O–H groups in total. The Morgan fingerprint density at radius 3 is 1.55 bits per heavy atom. The molecule has 4 heteroatoms. The minimum atomic E-state index is 0.0993. The molecule has 0 radical (unpaired) electrons. The number of hydrogen-bond acceptors (Lipinski definition) is 3. The van der Waals surface area contributed by atoms with Gasteiger partial charge >= 0.3 is 0 Å². The van der Waals surface area contributed by atoms with Crippen molar-refractivity contribution in [2.45, 2.75) is 59.3 Å². The van der Waals surface area contributed by atoms with Crippen LogP contribution in [0.2, 0.25) is 0 Å². The second-order valence-corrected chi connectivity index (χ2v) is 16.3. The minimum absolute atomic E-state index is 0.0993. The second kappa shape index (κ2) is 12.8. The van der Waals surface area contributed by atoms with Crippen molar-refractivity contribution in [1.82, 2.24) is 0 Å². The maximum absolute atomic E-state index is 6.27. The molecule has 0 aliphatic carbocycles. The van der Waals surface area contributed by atoms with E-state index >= 15 is 0 Å². The van der Waals surface area contributed by atoms with Crippen molar-refractivity contribution in [2.24, 2.45) is 0 Å².